The molecule has 0 saturated carbocycles. The number of hydrogen-bond donors (Lipinski definition) is 2. The monoisotopic (exact) mass is 234 g/mol. The summed E-state index contributed by atoms with van der Waals surface area (Å²) in [7, 11) is 1.64. The van der Waals surface area contributed by atoms with Crippen LogP contribution in [0.25, 0.3) is 0 Å². The highest BCUT2D eigenvalue weighted by molar-refractivity contribution is 5.91. The Kier molecular flexibility index (Phi) is 4.28. The topological polar surface area (TPSA) is 69.6 Å². The summed E-state index contributed by atoms with van der Waals surface area (Å²) in [5, 5.41) is 11.3. The molecule has 1 aromatic rings. The van der Waals surface area contributed by atoms with Gasteiger partial charge >= 0.3 is 12.0 Å². The summed E-state index contributed by atoms with van der Waals surface area (Å²) < 4.78 is 0. The average molecular weight is 234 g/mol. The van der Waals surface area contributed by atoms with Crippen molar-refractivity contribution < 1.29 is 14.7 Å². The first kappa shape index (κ1) is 12.8. The van der Waals surface area contributed by atoms with E-state index in [0.29, 0.717) is 12.2 Å². The molecule has 90 valence electrons. The summed E-state index contributed by atoms with van der Waals surface area (Å²) in [6.45, 7) is 3.98. The summed E-state index contributed by atoms with van der Waals surface area (Å²) in [5.74, 6) is -0.994. The molecule has 1 aromatic carbocycles. The maximum Gasteiger partial charge on any atom is 0.335 e. The minimum atomic E-state index is -0.994. The van der Waals surface area contributed by atoms with Crippen molar-refractivity contribution in [1.29, 1.82) is 0 Å². The quantitative estimate of drug-likeness (QED) is 0.783. The third kappa shape index (κ3) is 3.64. The van der Waals surface area contributed by atoms with Crippen molar-refractivity contribution >= 4 is 17.7 Å². The largest absolute Gasteiger partial charge is 0.478 e. The second-order valence-corrected chi connectivity index (χ2v) is 3.48. The van der Waals surface area contributed by atoms with E-state index < -0.39 is 5.97 Å². The molecule has 1 rings (SSSR count). The number of carboxylic acid groups (broad SMARTS) is 1. The molecule has 0 bridgehead atoms. The van der Waals surface area contributed by atoms with Crippen molar-refractivity contribution in [2.45, 2.75) is 0 Å². The van der Waals surface area contributed by atoms with E-state index in [4.69, 9.17) is 5.11 Å². The zero-order valence-electron chi connectivity index (χ0n) is 9.51. The van der Waals surface area contributed by atoms with Crippen molar-refractivity contribution in [1.82, 2.24) is 4.90 Å². The molecule has 0 unspecified atom stereocenters. The van der Waals surface area contributed by atoms with Gasteiger partial charge in [0.05, 0.1) is 5.56 Å². The first-order chi connectivity index (χ1) is 8.04. The van der Waals surface area contributed by atoms with E-state index in [-0.39, 0.29) is 11.6 Å². The highest BCUT2D eigenvalue weighted by Gasteiger charge is 2.07. The van der Waals surface area contributed by atoms with Crippen molar-refractivity contribution in [3.8, 4) is 0 Å². The van der Waals surface area contributed by atoms with Gasteiger partial charge in [-0.3, -0.25) is 0 Å². The molecule has 0 aliphatic heterocycles. The molecule has 5 heteroatoms. The number of carboxylic acids is 1. The maximum atomic E-state index is 11.6. The Labute approximate surface area is 99.4 Å². The van der Waals surface area contributed by atoms with Gasteiger partial charge in [0.25, 0.3) is 0 Å². The summed E-state index contributed by atoms with van der Waals surface area (Å²) in [5.41, 5.74) is 0.735. The van der Waals surface area contributed by atoms with E-state index in [2.05, 4.69) is 11.9 Å². The number of likely N-dealkylation sites (N-methyl/N-ethyl adjacent to an activating group) is 1. The van der Waals surface area contributed by atoms with Crippen LogP contribution in [-0.2, 0) is 0 Å². The Morgan fingerprint density at radius 3 is 2.47 bits per heavy atom. The molecular weight excluding hydrogens is 220 g/mol. The fourth-order valence-electron chi connectivity index (χ4n) is 1.19. The average Bonchev–Trinajstić information content (AvgIpc) is 2.30. The molecule has 0 aliphatic carbocycles. The van der Waals surface area contributed by atoms with Gasteiger partial charge in [-0.05, 0) is 24.3 Å². The summed E-state index contributed by atoms with van der Waals surface area (Å²) in [6, 6.07) is 5.69. The lowest BCUT2D eigenvalue weighted by atomic mass is 10.2. The van der Waals surface area contributed by atoms with E-state index in [0.717, 1.165) is 0 Å². The van der Waals surface area contributed by atoms with E-state index >= 15 is 0 Å². The van der Waals surface area contributed by atoms with Crippen molar-refractivity contribution in [3.63, 3.8) is 0 Å². The van der Waals surface area contributed by atoms with Crippen LogP contribution in [0.4, 0.5) is 10.5 Å². The Hall–Kier alpha value is -2.30. The number of nitrogens with zero attached hydrogens (tertiary/aromatic N) is 1. The van der Waals surface area contributed by atoms with Crippen LogP contribution in [-0.4, -0.2) is 35.6 Å². The third-order valence-corrected chi connectivity index (χ3v) is 2.13. The molecule has 0 spiro atoms. The molecule has 5 nitrogen and oxygen atoms in total. The zero-order chi connectivity index (χ0) is 12.8. The fourth-order valence-corrected chi connectivity index (χ4v) is 1.19. The van der Waals surface area contributed by atoms with Crippen LogP contribution in [0.2, 0.25) is 0 Å². The van der Waals surface area contributed by atoms with E-state index in [9.17, 15) is 9.59 Å². The fraction of sp³-hybridized carbons (Fsp3) is 0.167. The maximum absolute atomic E-state index is 11.6. The predicted octanol–water partition coefficient (Wildman–Crippen LogP) is 2.03. The number of carbonyl (C=O) groups excluding carboxylic acids is 1. The van der Waals surface area contributed by atoms with Crippen LogP contribution >= 0.6 is 0 Å². The Morgan fingerprint density at radius 2 is 2.00 bits per heavy atom. The number of urea groups is 1. The molecule has 0 fully saturated rings. The first-order valence-corrected chi connectivity index (χ1v) is 5.01. The van der Waals surface area contributed by atoms with Gasteiger partial charge in [-0.25, -0.2) is 9.59 Å². The van der Waals surface area contributed by atoms with Crippen molar-refractivity contribution in [2.24, 2.45) is 0 Å². The molecule has 0 radical (unpaired) electrons. The minimum Gasteiger partial charge on any atom is -0.478 e. The van der Waals surface area contributed by atoms with Crippen LogP contribution in [0.1, 0.15) is 10.4 Å². The number of aromatic carboxylic acids is 1. The molecule has 0 heterocycles. The van der Waals surface area contributed by atoms with Gasteiger partial charge in [0.15, 0.2) is 0 Å². The number of hydrogen-bond acceptors (Lipinski definition) is 2. The number of amides is 2. The molecule has 2 amide bonds. The van der Waals surface area contributed by atoms with Crippen LogP contribution < -0.4 is 5.32 Å². The summed E-state index contributed by atoms with van der Waals surface area (Å²) >= 11 is 0. The van der Waals surface area contributed by atoms with Gasteiger partial charge in [-0.15, -0.1) is 6.58 Å². The van der Waals surface area contributed by atoms with Gasteiger partial charge in [0.2, 0.25) is 0 Å². The van der Waals surface area contributed by atoms with Crippen molar-refractivity contribution in [2.75, 3.05) is 18.9 Å². The Morgan fingerprint density at radius 1 is 1.41 bits per heavy atom. The van der Waals surface area contributed by atoms with Crippen LogP contribution in [0.3, 0.4) is 0 Å². The third-order valence-electron chi connectivity index (χ3n) is 2.13. The van der Waals surface area contributed by atoms with Crippen LogP contribution in [0.5, 0.6) is 0 Å². The molecule has 2 N–H and O–H groups in total. The number of rotatable bonds is 4. The minimum absolute atomic E-state index is 0.183. The lowest BCUT2D eigenvalue weighted by Crippen LogP contribution is -2.31. The van der Waals surface area contributed by atoms with Gasteiger partial charge in [0.1, 0.15) is 0 Å². The molecule has 17 heavy (non-hydrogen) atoms. The summed E-state index contributed by atoms with van der Waals surface area (Å²) in [4.78, 5) is 23.6. The second-order valence-electron chi connectivity index (χ2n) is 3.48. The molecule has 0 aromatic heterocycles. The van der Waals surface area contributed by atoms with E-state index in [1.807, 2.05) is 0 Å². The Bertz CT molecular complexity index is 426. The number of carbonyl (C=O) groups is 2. The molecule has 0 atom stereocenters. The summed E-state index contributed by atoms with van der Waals surface area (Å²) in [6.07, 6.45) is 1.62. The predicted molar refractivity (Wildman–Crippen MR) is 65.2 cm³/mol. The lowest BCUT2D eigenvalue weighted by molar-refractivity contribution is 0.0697. The molecule has 0 saturated heterocycles. The first-order valence-electron chi connectivity index (χ1n) is 5.01. The zero-order valence-corrected chi connectivity index (χ0v) is 9.51. The molecular formula is C12H14N2O3. The SMILES string of the molecule is C=CCN(C)C(=O)Nc1ccc(C(=O)O)cc1. The van der Waals surface area contributed by atoms with Gasteiger partial charge < -0.3 is 15.3 Å². The van der Waals surface area contributed by atoms with Gasteiger partial charge in [-0.1, -0.05) is 6.08 Å². The van der Waals surface area contributed by atoms with Gasteiger partial charge in [-0.2, -0.15) is 0 Å². The normalized spacial score (nSPS) is 9.47. The van der Waals surface area contributed by atoms with E-state index in [1.54, 1.807) is 25.3 Å². The van der Waals surface area contributed by atoms with Crippen LogP contribution in [0.15, 0.2) is 36.9 Å². The highest BCUT2D eigenvalue weighted by Crippen LogP contribution is 2.10. The number of nitrogens with one attached hydrogen (secondary N) is 1. The van der Waals surface area contributed by atoms with Crippen LogP contribution in [0, 0.1) is 0 Å². The van der Waals surface area contributed by atoms with Gasteiger partial charge in [0, 0.05) is 19.3 Å². The smallest absolute Gasteiger partial charge is 0.335 e. The van der Waals surface area contributed by atoms with Crippen molar-refractivity contribution in [3.05, 3.63) is 42.5 Å². The highest BCUT2D eigenvalue weighted by atomic mass is 16.4. The van der Waals surface area contributed by atoms with E-state index in [1.165, 1.54) is 17.0 Å². The number of benzene rings is 1. The standard InChI is InChI=1S/C12H14N2O3/c1-3-8-14(2)12(17)13-10-6-4-9(5-7-10)11(15)16/h3-7H,1,8H2,2H3,(H,13,17)(H,15,16). The Balaban J connectivity index is 2.66. The number of anilines is 1. The molecule has 0 aliphatic rings. The lowest BCUT2D eigenvalue weighted by Gasteiger charge is -2.15. The second kappa shape index (κ2) is 5.69.